The zero-order chi connectivity index (χ0) is 18.5. The fourth-order valence-corrected chi connectivity index (χ4v) is 2.67. The smallest absolute Gasteiger partial charge is 0.374 e. The van der Waals surface area contributed by atoms with Crippen LogP contribution in [0.2, 0.25) is 0 Å². The average Bonchev–Trinajstić information content (AvgIpc) is 3.32. The second-order valence-corrected chi connectivity index (χ2v) is 6.05. The average molecular weight is 373 g/mol. The Morgan fingerprint density at radius 1 is 1.08 bits per heavy atom. The Labute approximate surface area is 151 Å². The fourth-order valence-electron chi connectivity index (χ4n) is 2.05. The molecule has 2 aromatic heterocycles. The molecule has 3 rings (SSSR count). The lowest BCUT2D eigenvalue weighted by atomic mass is 10.2. The van der Waals surface area contributed by atoms with Crippen LogP contribution in [0.1, 0.15) is 20.2 Å². The van der Waals surface area contributed by atoms with Gasteiger partial charge in [0.15, 0.2) is 6.61 Å². The lowest BCUT2D eigenvalue weighted by molar-refractivity contribution is -0.123. The van der Waals surface area contributed by atoms with Crippen LogP contribution in [0.25, 0.3) is 11.3 Å². The summed E-state index contributed by atoms with van der Waals surface area (Å²) in [6, 6.07) is 11.7. The number of hydrogen-bond acceptors (Lipinski definition) is 6. The molecular weight excluding hydrogens is 361 g/mol. The fraction of sp³-hybridized carbons (Fsp3) is 0.0556. The van der Waals surface area contributed by atoms with Crippen molar-refractivity contribution in [3.63, 3.8) is 0 Å². The molecule has 8 heteroatoms. The van der Waals surface area contributed by atoms with E-state index in [4.69, 9.17) is 9.15 Å². The number of carbonyl (C=O) groups excluding carboxylic acids is 3. The molecule has 1 aromatic carbocycles. The van der Waals surface area contributed by atoms with Gasteiger partial charge in [0.05, 0.1) is 4.88 Å². The number of benzene rings is 1. The van der Waals surface area contributed by atoms with Gasteiger partial charge in [-0.3, -0.25) is 14.9 Å². The van der Waals surface area contributed by atoms with Gasteiger partial charge in [-0.25, -0.2) is 9.18 Å². The maximum Gasteiger partial charge on any atom is 0.374 e. The molecule has 26 heavy (non-hydrogen) atoms. The van der Waals surface area contributed by atoms with Crippen molar-refractivity contribution in [2.24, 2.45) is 0 Å². The maximum atomic E-state index is 12.9. The summed E-state index contributed by atoms with van der Waals surface area (Å²) in [5, 5.41) is 3.82. The van der Waals surface area contributed by atoms with E-state index in [9.17, 15) is 18.8 Å². The van der Waals surface area contributed by atoms with E-state index in [1.807, 2.05) is 0 Å². The second kappa shape index (κ2) is 7.75. The minimum Gasteiger partial charge on any atom is -0.450 e. The van der Waals surface area contributed by atoms with Gasteiger partial charge in [-0.15, -0.1) is 11.3 Å². The van der Waals surface area contributed by atoms with Crippen LogP contribution in [0.4, 0.5) is 4.39 Å². The standard InChI is InChI=1S/C18H12FNO5S/c19-12-5-3-11(4-6-12)13-7-8-14(25-13)18(23)24-10-16(21)20-17(22)15-2-1-9-26-15/h1-9H,10H2,(H,20,21,22). The minimum atomic E-state index is -0.850. The van der Waals surface area contributed by atoms with Gasteiger partial charge in [-0.1, -0.05) is 6.07 Å². The van der Waals surface area contributed by atoms with E-state index < -0.39 is 24.4 Å². The number of rotatable bonds is 5. The van der Waals surface area contributed by atoms with Gasteiger partial charge in [-0.2, -0.15) is 0 Å². The molecule has 1 N–H and O–H groups in total. The third kappa shape index (κ3) is 4.22. The molecule has 0 aliphatic carbocycles. The van der Waals surface area contributed by atoms with Crippen molar-refractivity contribution in [2.45, 2.75) is 0 Å². The third-order valence-electron chi connectivity index (χ3n) is 3.27. The number of thiophene rings is 1. The molecule has 0 radical (unpaired) electrons. The molecule has 2 heterocycles. The normalized spacial score (nSPS) is 10.3. The number of ether oxygens (including phenoxy) is 1. The lowest BCUT2D eigenvalue weighted by Gasteiger charge is -2.03. The minimum absolute atomic E-state index is 0.110. The number of furan rings is 1. The number of imide groups is 1. The Hall–Kier alpha value is -3.26. The first-order valence-electron chi connectivity index (χ1n) is 7.43. The van der Waals surface area contributed by atoms with Gasteiger partial charge in [0.1, 0.15) is 11.6 Å². The first-order chi connectivity index (χ1) is 12.5. The molecule has 3 aromatic rings. The quantitative estimate of drug-likeness (QED) is 0.694. The van der Waals surface area contributed by atoms with E-state index in [0.29, 0.717) is 16.2 Å². The maximum absolute atomic E-state index is 12.9. The summed E-state index contributed by atoms with van der Waals surface area (Å²) in [5.74, 6) is -2.30. The predicted octanol–water partition coefficient (Wildman–Crippen LogP) is 3.26. The molecular formula is C18H12FNO5S. The second-order valence-electron chi connectivity index (χ2n) is 5.10. The van der Waals surface area contributed by atoms with Gasteiger partial charge in [0.2, 0.25) is 5.76 Å². The Kier molecular flexibility index (Phi) is 5.23. The molecule has 0 spiro atoms. The number of nitrogens with one attached hydrogen (secondary N) is 1. The van der Waals surface area contributed by atoms with Crippen LogP contribution in [0.5, 0.6) is 0 Å². The van der Waals surface area contributed by atoms with Gasteiger partial charge < -0.3 is 9.15 Å². The first kappa shape index (κ1) is 17.6. The lowest BCUT2D eigenvalue weighted by Crippen LogP contribution is -2.33. The highest BCUT2D eigenvalue weighted by Crippen LogP contribution is 2.22. The molecule has 6 nitrogen and oxygen atoms in total. The molecule has 0 bridgehead atoms. The van der Waals surface area contributed by atoms with Crippen molar-refractivity contribution >= 4 is 29.1 Å². The topological polar surface area (TPSA) is 85.6 Å². The number of halogens is 1. The van der Waals surface area contributed by atoms with Crippen LogP contribution >= 0.6 is 11.3 Å². The van der Waals surface area contributed by atoms with Crippen LogP contribution < -0.4 is 5.32 Å². The summed E-state index contributed by atoms with van der Waals surface area (Å²) >= 11 is 1.19. The molecule has 0 saturated heterocycles. The van der Waals surface area contributed by atoms with E-state index in [1.165, 1.54) is 47.7 Å². The summed E-state index contributed by atoms with van der Waals surface area (Å²) in [6.07, 6.45) is 0. The van der Waals surface area contributed by atoms with E-state index >= 15 is 0 Å². The van der Waals surface area contributed by atoms with Gasteiger partial charge >= 0.3 is 5.97 Å². The van der Waals surface area contributed by atoms with Gasteiger partial charge in [-0.05, 0) is 47.8 Å². The van der Waals surface area contributed by atoms with Gasteiger partial charge in [0, 0.05) is 5.56 Å². The summed E-state index contributed by atoms with van der Waals surface area (Å²) in [7, 11) is 0. The Balaban J connectivity index is 1.54. The summed E-state index contributed by atoms with van der Waals surface area (Å²) in [4.78, 5) is 35.7. The van der Waals surface area contributed by atoms with Crippen molar-refractivity contribution < 1.29 is 27.9 Å². The van der Waals surface area contributed by atoms with Crippen molar-refractivity contribution in [3.8, 4) is 11.3 Å². The van der Waals surface area contributed by atoms with Crippen molar-refractivity contribution in [1.29, 1.82) is 0 Å². The van der Waals surface area contributed by atoms with Crippen LogP contribution in [0, 0.1) is 5.82 Å². The van der Waals surface area contributed by atoms with E-state index in [1.54, 1.807) is 17.5 Å². The molecule has 0 saturated carbocycles. The Morgan fingerprint density at radius 3 is 2.54 bits per heavy atom. The monoisotopic (exact) mass is 373 g/mol. The molecule has 0 unspecified atom stereocenters. The molecule has 0 aliphatic heterocycles. The van der Waals surface area contributed by atoms with Crippen molar-refractivity contribution in [3.05, 3.63) is 70.4 Å². The van der Waals surface area contributed by atoms with Crippen LogP contribution in [0.15, 0.2) is 58.3 Å². The zero-order valence-corrected chi connectivity index (χ0v) is 14.0. The Morgan fingerprint density at radius 2 is 1.85 bits per heavy atom. The van der Waals surface area contributed by atoms with E-state index in [0.717, 1.165) is 0 Å². The zero-order valence-electron chi connectivity index (χ0n) is 13.2. The summed E-state index contributed by atoms with van der Waals surface area (Å²) < 4.78 is 23.1. The number of hydrogen-bond donors (Lipinski definition) is 1. The SMILES string of the molecule is O=C(COC(=O)c1ccc(-c2ccc(F)cc2)o1)NC(=O)c1cccs1. The van der Waals surface area contributed by atoms with Crippen LogP contribution in [0.3, 0.4) is 0 Å². The Bertz CT molecular complexity index is 931. The number of esters is 1. The highest BCUT2D eigenvalue weighted by Gasteiger charge is 2.17. The molecule has 0 atom stereocenters. The van der Waals surface area contributed by atoms with E-state index in [-0.39, 0.29) is 11.6 Å². The largest absolute Gasteiger partial charge is 0.450 e. The highest BCUT2D eigenvalue weighted by atomic mass is 32.1. The molecule has 2 amide bonds. The third-order valence-corrected chi connectivity index (χ3v) is 4.14. The predicted molar refractivity (Wildman–Crippen MR) is 91.2 cm³/mol. The van der Waals surface area contributed by atoms with Crippen LogP contribution in [-0.4, -0.2) is 24.4 Å². The van der Waals surface area contributed by atoms with Crippen molar-refractivity contribution in [1.82, 2.24) is 5.32 Å². The van der Waals surface area contributed by atoms with Crippen LogP contribution in [-0.2, 0) is 9.53 Å². The number of carbonyl (C=O) groups is 3. The summed E-state index contributed by atoms with van der Waals surface area (Å²) in [6.45, 7) is -0.622. The van der Waals surface area contributed by atoms with Crippen molar-refractivity contribution in [2.75, 3.05) is 6.61 Å². The summed E-state index contributed by atoms with van der Waals surface area (Å²) in [5.41, 5.74) is 0.588. The molecule has 0 aliphatic rings. The molecule has 132 valence electrons. The van der Waals surface area contributed by atoms with Gasteiger partial charge in [0.25, 0.3) is 11.8 Å². The molecule has 0 fully saturated rings. The first-order valence-corrected chi connectivity index (χ1v) is 8.31. The highest BCUT2D eigenvalue weighted by molar-refractivity contribution is 7.12. The van der Waals surface area contributed by atoms with E-state index in [2.05, 4.69) is 5.32 Å². The number of amides is 2.